The number of halogens is 1. The van der Waals surface area contributed by atoms with Gasteiger partial charge in [-0.05, 0) is 30.2 Å². The summed E-state index contributed by atoms with van der Waals surface area (Å²) < 4.78 is 12.9. The van der Waals surface area contributed by atoms with Gasteiger partial charge in [-0.3, -0.25) is 4.79 Å². The Hall–Kier alpha value is -2.20. The van der Waals surface area contributed by atoms with E-state index in [4.69, 9.17) is 5.73 Å². The van der Waals surface area contributed by atoms with Gasteiger partial charge in [0.15, 0.2) is 0 Å². The lowest BCUT2D eigenvalue weighted by atomic mass is 9.97. The van der Waals surface area contributed by atoms with Crippen molar-refractivity contribution in [2.45, 2.75) is 18.9 Å². The monoisotopic (exact) mass is 286 g/mol. The Morgan fingerprint density at radius 3 is 2.29 bits per heavy atom. The van der Waals surface area contributed by atoms with Crippen molar-refractivity contribution in [1.82, 2.24) is 5.32 Å². The van der Waals surface area contributed by atoms with Crippen molar-refractivity contribution < 1.29 is 9.18 Å². The molecule has 3 N–H and O–H groups in total. The SMILES string of the molecule is C[C@H](NC(=O)C(CN)c1ccccc1)c1ccc(F)cc1. The van der Waals surface area contributed by atoms with Gasteiger partial charge in [-0.25, -0.2) is 4.39 Å². The molecule has 0 radical (unpaired) electrons. The van der Waals surface area contributed by atoms with Crippen molar-refractivity contribution in [2.24, 2.45) is 5.73 Å². The number of hydrogen-bond donors (Lipinski definition) is 2. The molecule has 4 heteroatoms. The summed E-state index contributed by atoms with van der Waals surface area (Å²) in [6.07, 6.45) is 0. The van der Waals surface area contributed by atoms with Gasteiger partial charge in [-0.1, -0.05) is 42.5 Å². The van der Waals surface area contributed by atoms with Crippen molar-refractivity contribution in [1.29, 1.82) is 0 Å². The first kappa shape index (κ1) is 15.2. The Kier molecular flexibility index (Phi) is 5.06. The van der Waals surface area contributed by atoms with Crippen LogP contribution in [0.1, 0.15) is 30.0 Å². The van der Waals surface area contributed by atoms with Crippen molar-refractivity contribution in [3.05, 3.63) is 71.5 Å². The molecule has 2 rings (SSSR count). The summed E-state index contributed by atoms with van der Waals surface area (Å²) in [5.74, 6) is -0.795. The predicted molar refractivity (Wildman–Crippen MR) is 81.2 cm³/mol. The van der Waals surface area contributed by atoms with Crippen LogP contribution >= 0.6 is 0 Å². The molecule has 3 nitrogen and oxygen atoms in total. The van der Waals surface area contributed by atoms with Crippen LogP contribution < -0.4 is 11.1 Å². The van der Waals surface area contributed by atoms with Crippen LogP contribution in [0.25, 0.3) is 0 Å². The Morgan fingerprint density at radius 2 is 1.71 bits per heavy atom. The zero-order chi connectivity index (χ0) is 15.2. The van der Waals surface area contributed by atoms with Crippen LogP contribution in [0.2, 0.25) is 0 Å². The molecule has 0 aromatic heterocycles. The molecule has 0 fully saturated rings. The molecule has 2 atom stereocenters. The number of rotatable bonds is 5. The van der Waals surface area contributed by atoms with Crippen molar-refractivity contribution in [2.75, 3.05) is 6.54 Å². The van der Waals surface area contributed by atoms with Crippen molar-refractivity contribution in [3.8, 4) is 0 Å². The molecule has 0 bridgehead atoms. The zero-order valence-corrected chi connectivity index (χ0v) is 11.9. The second-order valence-corrected chi connectivity index (χ2v) is 4.98. The molecule has 1 amide bonds. The van der Waals surface area contributed by atoms with Crippen LogP contribution in [0, 0.1) is 5.82 Å². The smallest absolute Gasteiger partial charge is 0.229 e. The number of hydrogen-bond acceptors (Lipinski definition) is 2. The zero-order valence-electron chi connectivity index (χ0n) is 11.9. The molecule has 110 valence electrons. The fraction of sp³-hybridized carbons (Fsp3) is 0.235. The molecule has 2 aromatic carbocycles. The molecule has 1 unspecified atom stereocenters. The number of amides is 1. The number of nitrogens with one attached hydrogen (secondary N) is 1. The molecular weight excluding hydrogens is 267 g/mol. The summed E-state index contributed by atoms with van der Waals surface area (Å²) in [6, 6.07) is 15.3. The fourth-order valence-corrected chi connectivity index (χ4v) is 2.23. The summed E-state index contributed by atoms with van der Waals surface area (Å²) in [7, 11) is 0. The quantitative estimate of drug-likeness (QED) is 0.888. The highest BCUT2D eigenvalue weighted by molar-refractivity contribution is 5.84. The third-order valence-electron chi connectivity index (χ3n) is 3.48. The third-order valence-corrected chi connectivity index (χ3v) is 3.48. The Balaban J connectivity index is 2.07. The van der Waals surface area contributed by atoms with E-state index >= 15 is 0 Å². The van der Waals surface area contributed by atoms with Gasteiger partial charge in [0, 0.05) is 6.54 Å². The van der Waals surface area contributed by atoms with E-state index in [1.54, 1.807) is 12.1 Å². The second kappa shape index (κ2) is 6.99. The normalized spacial score (nSPS) is 13.5. The maximum absolute atomic E-state index is 12.9. The molecule has 0 heterocycles. The van der Waals surface area contributed by atoms with E-state index in [2.05, 4.69) is 5.32 Å². The first-order valence-electron chi connectivity index (χ1n) is 6.92. The largest absolute Gasteiger partial charge is 0.349 e. The van der Waals surface area contributed by atoms with E-state index in [9.17, 15) is 9.18 Å². The van der Waals surface area contributed by atoms with Gasteiger partial charge in [0.1, 0.15) is 5.82 Å². The summed E-state index contributed by atoms with van der Waals surface area (Å²) >= 11 is 0. The molecule has 0 saturated heterocycles. The Labute approximate surface area is 124 Å². The van der Waals surface area contributed by atoms with Gasteiger partial charge in [0.25, 0.3) is 0 Å². The van der Waals surface area contributed by atoms with E-state index in [0.29, 0.717) is 0 Å². The number of carbonyl (C=O) groups is 1. The number of carbonyl (C=O) groups excluding carboxylic acids is 1. The minimum atomic E-state index is -0.380. The topological polar surface area (TPSA) is 55.1 Å². The van der Waals surface area contributed by atoms with Crippen LogP contribution in [0.3, 0.4) is 0 Å². The van der Waals surface area contributed by atoms with Crippen LogP contribution in [0.5, 0.6) is 0 Å². The molecular formula is C17H19FN2O. The molecule has 21 heavy (non-hydrogen) atoms. The first-order valence-corrected chi connectivity index (χ1v) is 6.92. The van der Waals surface area contributed by atoms with E-state index in [1.165, 1.54) is 12.1 Å². The Bertz CT molecular complexity index is 583. The van der Waals surface area contributed by atoms with E-state index in [0.717, 1.165) is 11.1 Å². The lowest BCUT2D eigenvalue weighted by molar-refractivity contribution is -0.123. The molecule has 0 spiro atoms. The van der Waals surface area contributed by atoms with Gasteiger partial charge in [0.2, 0.25) is 5.91 Å². The fourth-order valence-electron chi connectivity index (χ4n) is 2.23. The van der Waals surface area contributed by atoms with Crippen LogP contribution in [0.15, 0.2) is 54.6 Å². The van der Waals surface area contributed by atoms with Gasteiger partial charge in [0.05, 0.1) is 12.0 Å². The Morgan fingerprint density at radius 1 is 1.10 bits per heavy atom. The molecule has 0 aliphatic carbocycles. The second-order valence-electron chi connectivity index (χ2n) is 4.98. The van der Waals surface area contributed by atoms with Gasteiger partial charge in [-0.2, -0.15) is 0 Å². The highest BCUT2D eigenvalue weighted by atomic mass is 19.1. The first-order chi connectivity index (χ1) is 10.1. The highest BCUT2D eigenvalue weighted by Gasteiger charge is 2.20. The summed E-state index contributed by atoms with van der Waals surface area (Å²) in [5.41, 5.74) is 7.48. The average Bonchev–Trinajstić information content (AvgIpc) is 2.49. The summed E-state index contributed by atoms with van der Waals surface area (Å²) in [6.45, 7) is 2.11. The summed E-state index contributed by atoms with van der Waals surface area (Å²) in [4.78, 5) is 12.4. The standard InChI is InChI=1S/C17H19FN2O/c1-12(13-7-9-15(18)10-8-13)20-17(21)16(11-19)14-5-3-2-4-6-14/h2-10,12,16H,11,19H2,1H3,(H,20,21)/t12-,16?/m0/s1. The average molecular weight is 286 g/mol. The van der Waals surface area contributed by atoms with Gasteiger partial charge >= 0.3 is 0 Å². The molecule has 0 aliphatic heterocycles. The maximum Gasteiger partial charge on any atom is 0.229 e. The van der Waals surface area contributed by atoms with E-state index in [1.807, 2.05) is 37.3 Å². The number of benzene rings is 2. The van der Waals surface area contributed by atoms with Crippen LogP contribution in [-0.4, -0.2) is 12.5 Å². The van der Waals surface area contributed by atoms with E-state index < -0.39 is 0 Å². The predicted octanol–water partition coefficient (Wildman–Crippen LogP) is 2.75. The maximum atomic E-state index is 12.9. The van der Waals surface area contributed by atoms with Crippen LogP contribution in [0.4, 0.5) is 4.39 Å². The van der Waals surface area contributed by atoms with E-state index in [-0.39, 0.29) is 30.2 Å². The third kappa shape index (κ3) is 3.89. The molecule has 2 aromatic rings. The van der Waals surface area contributed by atoms with Crippen molar-refractivity contribution >= 4 is 5.91 Å². The minimum Gasteiger partial charge on any atom is -0.349 e. The highest BCUT2D eigenvalue weighted by Crippen LogP contribution is 2.18. The van der Waals surface area contributed by atoms with Crippen molar-refractivity contribution in [3.63, 3.8) is 0 Å². The minimum absolute atomic E-state index is 0.125. The van der Waals surface area contributed by atoms with Gasteiger partial charge < -0.3 is 11.1 Å². The summed E-state index contributed by atoms with van der Waals surface area (Å²) in [5, 5.41) is 2.92. The molecule has 0 aliphatic rings. The molecule has 0 saturated carbocycles. The lowest BCUT2D eigenvalue weighted by Gasteiger charge is -2.20. The number of nitrogens with two attached hydrogens (primary N) is 1. The lowest BCUT2D eigenvalue weighted by Crippen LogP contribution is -2.35. The van der Waals surface area contributed by atoms with Gasteiger partial charge in [-0.15, -0.1) is 0 Å². The van der Waals surface area contributed by atoms with Crippen LogP contribution in [-0.2, 0) is 4.79 Å².